The van der Waals surface area contributed by atoms with E-state index in [1.54, 1.807) is 24.3 Å². The number of benzene rings is 3. The molecule has 0 aliphatic rings. The lowest BCUT2D eigenvalue weighted by atomic mass is 10.0. The van der Waals surface area contributed by atoms with Crippen molar-refractivity contribution in [2.45, 2.75) is 33.6 Å². The highest BCUT2D eigenvalue weighted by atomic mass is 16.5. The molecule has 2 N–H and O–H groups in total. The number of aryl methyl sites for hydroxylation is 2. The summed E-state index contributed by atoms with van der Waals surface area (Å²) in [6.07, 6.45) is 0. The van der Waals surface area contributed by atoms with E-state index in [2.05, 4.69) is 24.5 Å². The van der Waals surface area contributed by atoms with Crippen molar-refractivity contribution < 1.29 is 14.3 Å². The Morgan fingerprint density at radius 1 is 0.839 bits per heavy atom. The number of amides is 2. The van der Waals surface area contributed by atoms with Gasteiger partial charge in [0.2, 0.25) is 0 Å². The molecule has 0 spiro atoms. The molecule has 31 heavy (non-hydrogen) atoms. The summed E-state index contributed by atoms with van der Waals surface area (Å²) in [5, 5.41) is 5.67. The molecule has 0 aromatic heterocycles. The van der Waals surface area contributed by atoms with E-state index in [9.17, 15) is 9.59 Å². The van der Waals surface area contributed by atoms with Gasteiger partial charge in [-0.05, 0) is 72.9 Å². The summed E-state index contributed by atoms with van der Waals surface area (Å²) in [7, 11) is 0. The summed E-state index contributed by atoms with van der Waals surface area (Å²) in [6, 6.07) is 20.4. The first-order chi connectivity index (χ1) is 14.8. The highest BCUT2D eigenvalue weighted by Crippen LogP contribution is 2.27. The second-order valence-electron chi connectivity index (χ2n) is 7.94. The van der Waals surface area contributed by atoms with Crippen LogP contribution in [0.2, 0.25) is 0 Å². The van der Waals surface area contributed by atoms with E-state index in [1.165, 1.54) is 0 Å². The number of carbonyl (C=O) groups excluding carboxylic acids is 2. The van der Waals surface area contributed by atoms with Crippen LogP contribution < -0.4 is 15.4 Å². The molecule has 0 saturated carbocycles. The molecular weight excluding hydrogens is 388 g/mol. The van der Waals surface area contributed by atoms with Gasteiger partial charge in [-0.15, -0.1) is 0 Å². The smallest absolute Gasteiger partial charge is 0.262 e. The Labute approximate surface area is 183 Å². The van der Waals surface area contributed by atoms with Gasteiger partial charge in [0.1, 0.15) is 5.75 Å². The first-order valence-corrected chi connectivity index (χ1v) is 10.3. The van der Waals surface area contributed by atoms with E-state index in [1.807, 2.05) is 56.3 Å². The molecule has 0 saturated heterocycles. The lowest BCUT2D eigenvalue weighted by Crippen LogP contribution is -2.21. The Hall–Kier alpha value is -3.60. The van der Waals surface area contributed by atoms with Gasteiger partial charge in [0.05, 0.1) is 0 Å². The minimum atomic E-state index is -0.285. The number of rotatable bonds is 7. The maximum Gasteiger partial charge on any atom is 0.262 e. The molecule has 0 radical (unpaired) electrons. The number of ether oxygens (including phenoxy) is 1. The SMILES string of the molecule is Cc1cccc(NC(=O)c2cccc(NC(=O)COc3cc(C)ccc3C(C)C)c2)c1. The zero-order valence-corrected chi connectivity index (χ0v) is 18.4. The summed E-state index contributed by atoms with van der Waals surface area (Å²) in [4.78, 5) is 25.0. The van der Waals surface area contributed by atoms with Crippen LogP contribution in [-0.4, -0.2) is 18.4 Å². The Morgan fingerprint density at radius 2 is 1.52 bits per heavy atom. The number of carbonyl (C=O) groups is 2. The van der Waals surface area contributed by atoms with Crippen molar-refractivity contribution in [2.75, 3.05) is 17.2 Å². The quantitative estimate of drug-likeness (QED) is 0.519. The van der Waals surface area contributed by atoms with E-state index >= 15 is 0 Å². The van der Waals surface area contributed by atoms with E-state index in [4.69, 9.17) is 4.74 Å². The minimum Gasteiger partial charge on any atom is -0.483 e. The number of nitrogens with one attached hydrogen (secondary N) is 2. The van der Waals surface area contributed by atoms with Gasteiger partial charge in [0, 0.05) is 16.9 Å². The normalized spacial score (nSPS) is 10.6. The predicted molar refractivity (Wildman–Crippen MR) is 125 cm³/mol. The number of hydrogen-bond donors (Lipinski definition) is 2. The summed E-state index contributed by atoms with van der Waals surface area (Å²) in [6.45, 7) is 8.03. The standard InChI is InChI=1S/C26H28N2O3/c1-17(2)23-12-11-19(4)14-24(23)31-16-25(29)27-22-10-6-8-20(15-22)26(30)28-21-9-5-7-18(3)13-21/h5-15,17H,16H2,1-4H3,(H,27,29)(H,28,30). The second kappa shape index (κ2) is 9.94. The zero-order chi connectivity index (χ0) is 22.4. The molecule has 3 rings (SSSR count). The third-order valence-corrected chi connectivity index (χ3v) is 4.83. The third-order valence-electron chi connectivity index (χ3n) is 4.83. The van der Waals surface area contributed by atoms with Crippen LogP contribution in [0.1, 0.15) is 46.8 Å². The fraction of sp³-hybridized carbons (Fsp3) is 0.231. The fourth-order valence-electron chi connectivity index (χ4n) is 3.25. The summed E-state index contributed by atoms with van der Waals surface area (Å²) in [5.41, 5.74) is 4.93. The van der Waals surface area contributed by atoms with Crippen LogP contribution in [0.5, 0.6) is 5.75 Å². The molecule has 5 nitrogen and oxygen atoms in total. The predicted octanol–water partition coefficient (Wildman–Crippen LogP) is 5.70. The molecule has 3 aromatic carbocycles. The zero-order valence-electron chi connectivity index (χ0n) is 18.4. The minimum absolute atomic E-state index is 0.108. The van der Waals surface area contributed by atoms with Gasteiger partial charge < -0.3 is 15.4 Å². The molecule has 0 atom stereocenters. The summed E-state index contributed by atoms with van der Waals surface area (Å²) >= 11 is 0. The highest BCUT2D eigenvalue weighted by molar-refractivity contribution is 6.05. The average Bonchev–Trinajstić information content (AvgIpc) is 2.72. The summed E-state index contributed by atoms with van der Waals surface area (Å²) < 4.78 is 5.79. The Balaban J connectivity index is 1.62. The monoisotopic (exact) mass is 416 g/mol. The first kappa shape index (κ1) is 22.1. The van der Waals surface area contributed by atoms with Crippen LogP contribution in [0.15, 0.2) is 66.7 Å². The van der Waals surface area contributed by atoms with Crippen LogP contribution in [-0.2, 0) is 4.79 Å². The molecule has 3 aromatic rings. The third kappa shape index (κ3) is 6.19. The highest BCUT2D eigenvalue weighted by Gasteiger charge is 2.12. The molecule has 5 heteroatoms. The van der Waals surface area contributed by atoms with Crippen LogP contribution in [0.25, 0.3) is 0 Å². The molecule has 160 valence electrons. The van der Waals surface area contributed by atoms with Crippen LogP contribution in [0, 0.1) is 13.8 Å². The molecule has 0 unspecified atom stereocenters. The van der Waals surface area contributed by atoms with Crippen molar-refractivity contribution in [1.29, 1.82) is 0 Å². The van der Waals surface area contributed by atoms with Crippen molar-refractivity contribution >= 4 is 23.2 Å². The first-order valence-electron chi connectivity index (χ1n) is 10.3. The number of hydrogen-bond acceptors (Lipinski definition) is 3. The van der Waals surface area contributed by atoms with Gasteiger partial charge >= 0.3 is 0 Å². The van der Waals surface area contributed by atoms with E-state index in [0.29, 0.717) is 17.2 Å². The number of anilines is 2. The molecule has 0 bridgehead atoms. The Bertz CT molecular complexity index is 1090. The molecule has 0 fully saturated rings. The Kier molecular flexibility index (Phi) is 7.08. The van der Waals surface area contributed by atoms with Gasteiger partial charge in [-0.25, -0.2) is 0 Å². The van der Waals surface area contributed by atoms with Gasteiger partial charge in [-0.3, -0.25) is 9.59 Å². The van der Waals surface area contributed by atoms with Crippen molar-refractivity contribution in [3.05, 3.63) is 89.0 Å². The van der Waals surface area contributed by atoms with Crippen LogP contribution in [0.4, 0.5) is 11.4 Å². The molecule has 0 heterocycles. The molecular formula is C26H28N2O3. The average molecular weight is 417 g/mol. The molecule has 0 aliphatic carbocycles. The molecule has 0 aliphatic heterocycles. The maximum atomic E-state index is 12.6. The largest absolute Gasteiger partial charge is 0.483 e. The van der Waals surface area contributed by atoms with Gasteiger partial charge in [0.25, 0.3) is 11.8 Å². The van der Waals surface area contributed by atoms with E-state index in [0.717, 1.165) is 28.1 Å². The van der Waals surface area contributed by atoms with Crippen LogP contribution >= 0.6 is 0 Å². The Morgan fingerprint density at radius 3 is 2.23 bits per heavy atom. The van der Waals surface area contributed by atoms with E-state index < -0.39 is 0 Å². The lowest BCUT2D eigenvalue weighted by Gasteiger charge is -2.15. The van der Waals surface area contributed by atoms with Gasteiger partial charge in [-0.2, -0.15) is 0 Å². The van der Waals surface area contributed by atoms with Gasteiger partial charge in [0.15, 0.2) is 6.61 Å². The summed E-state index contributed by atoms with van der Waals surface area (Å²) in [5.74, 6) is 0.491. The van der Waals surface area contributed by atoms with E-state index in [-0.39, 0.29) is 18.4 Å². The van der Waals surface area contributed by atoms with Gasteiger partial charge in [-0.1, -0.05) is 44.2 Å². The molecule has 2 amide bonds. The fourth-order valence-corrected chi connectivity index (χ4v) is 3.25. The van der Waals surface area contributed by atoms with Crippen LogP contribution in [0.3, 0.4) is 0 Å². The second-order valence-corrected chi connectivity index (χ2v) is 7.94. The topological polar surface area (TPSA) is 67.4 Å². The van der Waals surface area contributed by atoms with Crippen molar-refractivity contribution in [2.24, 2.45) is 0 Å². The maximum absolute atomic E-state index is 12.6. The van der Waals surface area contributed by atoms with Crippen molar-refractivity contribution in [3.63, 3.8) is 0 Å². The van der Waals surface area contributed by atoms with Crippen molar-refractivity contribution in [3.8, 4) is 5.75 Å². The van der Waals surface area contributed by atoms with Crippen molar-refractivity contribution in [1.82, 2.24) is 0 Å². The lowest BCUT2D eigenvalue weighted by molar-refractivity contribution is -0.118.